The maximum Gasteiger partial charge on any atom is 0.225 e. The molecule has 21 heavy (non-hydrogen) atoms. The van der Waals surface area contributed by atoms with Crippen molar-refractivity contribution >= 4 is 22.4 Å². The maximum absolute atomic E-state index is 12.2. The standard InChI is InChI=1S/C18H20N2O/c21-17(11-14-4-2-10-19-14)20-16-9-8-13-7-6-12-3-1-5-15(16)18(12)13/h1,3,5,8-9,14,19H,2,4,6-7,10-11H2,(H,20,21). The number of anilines is 1. The Balaban J connectivity index is 1.61. The van der Waals surface area contributed by atoms with Crippen molar-refractivity contribution in [3.8, 4) is 0 Å². The summed E-state index contributed by atoms with van der Waals surface area (Å²) in [5.41, 5.74) is 3.78. The van der Waals surface area contributed by atoms with Crippen molar-refractivity contribution in [1.82, 2.24) is 5.32 Å². The molecule has 2 aromatic carbocycles. The Hall–Kier alpha value is -1.87. The predicted molar refractivity (Wildman–Crippen MR) is 85.6 cm³/mol. The smallest absolute Gasteiger partial charge is 0.225 e. The molecule has 1 aliphatic carbocycles. The quantitative estimate of drug-likeness (QED) is 0.907. The van der Waals surface area contributed by atoms with Gasteiger partial charge in [0.1, 0.15) is 0 Å². The Bertz CT molecular complexity index is 691. The molecule has 1 atom stereocenters. The number of carbonyl (C=O) groups excluding carboxylic acids is 1. The van der Waals surface area contributed by atoms with Crippen LogP contribution in [0.25, 0.3) is 10.8 Å². The van der Waals surface area contributed by atoms with E-state index in [4.69, 9.17) is 0 Å². The highest BCUT2D eigenvalue weighted by Gasteiger charge is 2.19. The summed E-state index contributed by atoms with van der Waals surface area (Å²) in [6, 6.07) is 11.0. The predicted octanol–water partition coefficient (Wildman–Crippen LogP) is 3.02. The van der Waals surface area contributed by atoms with Crippen molar-refractivity contribution in [1.29, 1.82) is 0 Å². The molecule has 2 aromatic rings. The normalized spacial score (nSPS) is 20.1. The molecule has 3 nitrogen and oxygen atoms in total. The van der Waals surface area contributed by atoms with Gasteiger partial charge in [0.25, 0.3) is 0 Å². The van der Waals surface area contributed by atoms with Crippen LogP contribution in [0, 0.1) is 0 Å². The average molecular weight is 280 g/mol. The molecule has 0 saturated carbocycles. The van der Waals surface area contributed by atoms with E-state index in [1.807, 2.05) is 0 Å². The lowest BCUT2D eigenvalue weighted by atomic mass is 10.0. The van der Waals surface area contributed by atoms with Crippen LogP contribution in [0.5, 0.6) is 0 Å². The van der Waals surface area contributed by atoms with Crippen LogP contribution in [0.15, 0.2) is 30.3 Å². The fraction of sp³-hybridized carbons (Fsp3) is 0.389. The van der Waals surface area contributed by atoms with Crippen molar-refractivity contribution in [2.75, 3.05) is 11.9 Å². The maximum atomic E-state index is 12.2. The molecular formula is C18H20N2O. The van der Waals surface area contributed by atoms with E-state index in [9.17, 15) is 4.79 Å². The van der Waals surface area contributed by atoms with Crippen LogP contribution >= 0.6 is 0 Å². The largest absolute Gasteiger partial charge is 0.325 e. The summed E-state index contributed by atoms with van der Waals surface area (Å²) < 4.78 is 0. The molecule has 2 N–H and O–H groups in total. The number of benzene rings is 2. The van der Waals surface area contributed by atoms with Crippen molar-refractivity contribution < 1.29 is 4.79 Å². The van der Waals surface area contributed by atoms with Crippen LogP contribution in [0.4, 0.5) is 5.69 Å². The zero-order chi connectivity index (χ0) is 14.2. The first-order chi connectivity index (χ1) is 10.3. The summed E-state index contributed by atoms with van der Waals surface area (Å²) in [4.78, 5) is 12.2. The molecule has 2 aliphatic rings. The summed E-state index contributed by atoms with van der Waals surface area (Å²) >= 11 is 0. The summed E-state index contributed by atoms with van der Waals surface area (Å²) in [5.74, 6) is 0.119. The topological polar surface area (TPSA) is 41.1 Å². The van der Waals surface area contributed by atoms with Gasteiger partial charge in [0.2, 0.25) is 5.91 Å². The second-order valence-corrected chi connectivity index (χ2v) is 6.16. The number of hydrogen-bond acceptors (Lipinski definition) is 2. The molecule has 1 saturated heterocycles. The van der Waals surface area contributed by atoms with E-state index in [0.29, 0.717) is 12.5 Å². The summed E-state index contributed by atoms with van der Waals surface area (Å²) in [7, 11) is 0. The van der Waals surface area contributed by atoms with E-state index in [1.54, 1.807) is 0 Å². The van der Waals surface area contributed by atoms with Gasteiger partial charge in [0.05, 0.1) is 0 Å². The minimum atomic E-state index is 0.119. The minimum absolute atomic E-state index is 0.119. The highest BCUT2D eigenvalue weighted by molar-refractivity contribution is 6.05. The van der Waals surface area contributed by atoms with Gasteiger partial charge >= 0.3 is 0 Å². The zero-order valence-electron chi connectivity index (χ0n) is 12.1. The molecule has 108 valence electrons. The third kappa shape index (κ3) is 2.32. The van der Waals surface area contributed by atoms with E-state index in [-0.39, 0.29) is 5.91 Å². The SMILES string of the molecule is O=C(CC1CCCN1)Nc1ccc2c3c(cccc13)CC2. The summed E-state index contributed by atoms with van der Waals surface area (Å²) in [5, 5.41) is 9.04. The van der Waals surface area contributed by atoms with E-state index in [2.05, 4.69) is 41.0 Å². The first-order valence-electron chi connectivity index (χ1n) is 7.88. The molecule has 0 spiro atoms. The molecule has 1 aliphatic heterocycles. The van der Waals surface area contributed by atoms with Crippen molar-refractivity contribution in [3.63, 3.8) is 0 Å². The number of hydrogen-bond donors (Lipinski definition) is 2. The summed E-state index contributed by atoms with van der Waals surface area (Å²) in [6.07, 6.45) is 5.10. The van der Waals surface area contributed by atoms with Crippen LogP contribution in [0.3, 0.4) is 0 Å². The Morgan fingerprint density at radius 1 is 1.19 bits per heavy atom. The van der Waals surface area contributed by atoms with Crippen LogP contribution in [0.2, 0.25) is 0 Å². The average Bonchev–Trinajstić information content (AvgIpc) is 3.13. The Kier molecular flexibility index (Phi) is 3.15. The molecular weight excluding hydrogens is 260 g/mol. The van der Waals surface area contributed by atoms with Gasteiger partial charge in [-0.05, 0) is 54.8 Å². The molecule has 1 fully saturated rings. The van der Waals surface area contributed by atoms with E-state index < -0.39 is 0 Å². The molecule has 1 heterocycles. The number of nitrogens with one attached hydrogen (secondary N) is 2. The number of rotatable bonds is 3. The Labute approximate surface area is 124 Å². The molecule has 0 bridgehead atoms. The first kappa shape index (κ1) is 12.8. The molecule has 0 radical (unpaired) electrons. The van der Waals surface area contributed by atoms with Gasteiger partial charge in [-0.2, -0.15) is 0 Å². The number of carbonyl (C=O) groups is 1. The minimum Gasteiger partial charge on any atom is -0.325 e. The van der Waals surface area contributed by atoms with Crippen molar-refractivity contribution in [3.05, 3.63) is 41.5 Å². The molecule has 1 amide bonds. The number of amides is 1. The van der Waals surface area contributed by atoms with Gasteiger partial charge < -0.3 is 10.6 Å². The van der Waals surface area contributed by atoms with Gasteiger partial charge in [-0.15, -0.1) is 0 Å². The van der Waals surface area contributed by atoms with Gasteiger partial charge in [0, 0.05) is 23.5 Å². The fourth-order valence-electron chi connectivity index (χ4n) is 3.71. The van der Waals surface area contributed by atoms with E-state index >= 15 is 0 Å². The second kappa shape index (κ2) is 5.15. The van der Waals surface area contributed by atoms with E-state index in [0.717, 1.165) is 31.5 Å². The van der Waals surface area contributed by atoms with Crippen molar-refractivity contribution in [2.24, 2.45) is 0 Å². The van der Waals surface area contributed by atoms with Crippen LogP contribution in [0.1, 0.15) is 30.4 Å². The lowest BCUT2D eigenvalue weighted by Gasteiger charge is -2.13. The monoisotopic (exact) mass is 280 g/mol. The molecule has 0 aromatic heterocycles. The Morgan fingerprint density at radius 3 is 2.86 bits per heavy atom. The number of aryl methyl sites for hydroxylation is 2. The van der Waals surface area contributed by atoms with Gasteiger partial charge in [-0.1, -0.05) is 24.3 Å². The zero-order valence-corrected chi connectivity index (χ0v) is 12.1. The highest BCUT2D eigenvalue weighted by atomic mass is 16.1. The third-order valence-electron chi connectivity index (χ3n) is 4.75. The van der Waals surface area contributed by atoms with Gasteiger partial charge in [0.15, 0.2) is 0 Å². The van der Waals surface area contributed by atoms with Crippen LogP contribution in [-0.4, -0.2) is 18.5 Å². The molecule has 4 rings (SSSR count). The Morgan fingerprint density at radius 2 is 2.05 bits per heavy atom. The van der Waals surface area contributed by atoms with Gasteiger partial charge in [-0.3, -0.25) is 4.79 Å². The lowest BCUT2D eigenvalue weighted by molar-refractivity contribution is -0.116. The van der Waals surface area contributed by atoms with E-state index in [1.165, 1.54) is 28.3 Å². The molecule has 1 unspecified atom stereocenters. The first-order valence-corrected chi connectivity index (χ1v) is 7.88. The lowest BCUT2D eigenvalue weighted by Crippen LogP contribution is -2.27. The van der Waals surface area contributed by atoms with Gasteiger partial charge in [-0.25, -0.2) is 0 Å². The molecule has 3 heteroatoms. The van der Waals surface area contributed by atoms with Crippen LogP contribution in [-0.2, 0) is 17.6 Å². The third-order valence-corrected chi connectivity index (χ3v) is 4.75. The highest BCUT2D eigenvalue weighted by Crippen LogP contribution is 2.35. The second-order valence-electron chi connectivity index (χ2n) is 6.16. The van der Waals surface area contributed by atoms with Crippen molar-refractivity contribution in [2.45, 2.75) is 38.1 Å². The summed E-state index contributed by atoms with van der Waals surface area (Å²) in [6.45, 7) is 1.04. The van der Waals surface area contributed by atoms with Crippen LogP contribution < -0.4 is 10.6 Å². The fourth-order valence-corrected chi connectivity index (χ4v) is 3.71.